The van der Waals surface area contributed by atoms with Crippen molar-refractivity contribution in [3.63, 3.8) is 0 Å². The second-order valence-electron chi connectivity index (χ2n) is 20.8. The Kier molecular flexibility index (Phi) is 8.64. The van der Waals surface area contributed by atoms with Crippen LogP contribution in [-0.2, 0) is 0 Å². The van der Waals surface area contributed by atoms with Crippen LogP contribution >= 0.6 is 0 Å². The van der Waals surface area contributed by atoms with Crippen LogP contribution in [0.1, 0.15) is 12.8 Å². The molecule has 17 rings (SSSR count). The van der Waals surface area contributed by atoms with E-state index in [0.29, 0.717) is 0 Å². The first-order valence-corrected chi connectivity index (χ1v) is 26.5. The Balaban J connectivity index is 1.04. The third-order valence-corrected chi connectivity index (χ3v) is 16.7. The van der Waals surface area contributed by atoms with Crippen molar-refractivity contribution in [3.8, 4) is 17.1 Å². The Labute approximate surface area is 436 Å². The lowest BCUT2D eigenvalue weighted by molar-refractivity contribution is 1.02. The van der Waals surface area contributed by atoms with Gasteiger partial charge in [0.1, 0.15) is 0 Å². The Morgan fingerprint density at radius 1 is 0.224 bits per heavy atom. The second kappa shape index (κ2) is 15.8. The molecule has 0 amide bonds. The number of allylic oxidation sites excluding steroid dienone is 4. The molecule has 0 saturated carbocycles. The Morgan fingerprint density at radius 3 is 0.684 bits per heavy atom. The van der Waals surface area contributed by atoms with Gasteiger partial charge in [-0.1, -0.05) is 115 Å². The molecule has 4 aromatic heterocycles. The fourth-order valence-electron chi connectivity index (χ4n) is 13.1. The summed E-state index contributed by atoms with van der Waals surface area (Å²) in [6.07, 6.45) is 9.11. The fourth-order valence-corrected chi connectivity index (χ4v) is 13.1. The van der Waals surface area contributed by atoms with Crippen LogP contribution in [0.5, 0.6) is 0 Å². The zero-order valence-electron chi connectivity index (χ0n) is 41.5. The van der Waals surface area contributed by atoms with Gasteiger partial charge in [0.05, 0.1) is 44.1 Å². The molecular formula is C72H46N4. The van der Waals surface area contributed by atoms with Crippen molar-refractivity contribution in [2.45, 2.75) is 12.8 Å². The van der Waals surface area contributed by atoms with Crippen molar-refractivity contribution in [1.82, 2.24) is 18.3 Å². The van der Waals surface area contributed by atoms with Crippen LogP contribution in [0.4, 0.5) is 0 Å². The van der Waals surface area contributed by atoms with Crippen molar-refractivity contribution in [3.05, 3.63) is 255 Å². The van der Waals surface area contributed by atoms with Crippen LogP contribution in [0.2, 0.25) is 0 Å². The Morgan fingerprint density at radius 2 is 0.461 bits per heavy atom. The van der Waals surface area contributed by atoms with Crippen LogP contribution < -0.4 is 0 Å². The molecule has 4 nitrogen and oxygen atoms in total. The van der Waals surface area contributed by atoms with Crippen LogP contribution in [0, 0.1) is 0 Å². The normalized spacial score (nSPS) is 13.2. The average molecular weight is 967 g/mol. The lowest BCUT2D eigenvalue weighted by Gasteiger charge is -2.12. The maximum absolute atomic E-state index is 2.48. The molecular weight excluding hydrogens is 921 g/mol. The van der Waals surface area contributed by atoms with E-state index < -0.39 is 0 Å². The summed E-state index contributed by atoms with van der Waals surface area (Å²) in [5.74, 6) is 0. The Bertz CT molecular complexity index is 4960. The van der Waals surface area contributed by atoms with E-state index in [1.807, 2.05) is 0 Å². The average Bonchev–Trinajstić information content (AvgIpc) is 4.24. The van der Waals surface area contributed by atoms with Gasteiger partial charge in [0, 0.05) is 65.8 Å². The molecule has 0 saturated heterocycles. The third-order valence-electron chi connectivity index (χ3n) is 16.7. The molecule has 0 atom stereocenters. The molecule has 1 aliphatic carbocycles. The summed E-state index contributed by atoms with van der Waals surface area (Å²) in [5.41, 5.74) is 14.2. The van der Waals surface area contributed by atoms with E-state index in [2.05, 4.69) is 273 Å². The quantitative estimate of drug-likeness (QED) is 0.167. The molecule has 0 spiro atoms. The van der Waals surface area contributed by atoms with Gasteiger partial charge < -0.3 is 18.3 Å². The number of hydrogen-bond donors (Lipinski definition) is 0. The van der Waals surface area contributed by atoms with Gasteiger partial charge in [-0.3, -0.25) is 0 Å². The topological polar surface area (TPSA) is 19.7 Å². The van der Waals surface area contributed by atoms with Gasteiger partial charge in [-0.25, -0.2) is 0 Å². The minimum atomic E-state index is 1.03. The minimum Gasteiger partial charge on any atom is -0.310 e. The molecule has 16 aromatic rings. The first kappa shape index (κ1) is 41.6. The smallest absolute Gasteiger partial charge is 0.0541 e. The number of rotatable bonds is 4. The van der Waals surface area contributed by atoms with E-state index in [0.717, 1.165) is 29.9 Å². The van der Waals surface area contributed by atoms with Crippen LogP contribution in [-0.4, -0.2) is 18.3 Å². The van der Waals surface area contributed by atoms with E-state index >= 15 is 0 Å². The third kappa shape index (κ3) is 6.01. The zero-order valence-corrected chi connectivity index (χ0v) is 41.5. The van der Waals surface area contributed by atoms with E-state index in [-0.39, 0.29) is 0 Å². The number of nitrogens with zero attached hydrogens (tertiary/aromatic N) is 4. The van der Waals surface area contributed by atoms with Crippen molar-refractivity contribution in [2.75, 3.05) is 0 Å². The van der Waals surface area contributed by atoms with Gasteiger partial charge in [-0.2, -0.15) is 0 Å². The summed E-state index contributed by atoms with van der Waals surface area (Å²) in [6, 6.07) is 89.1. The maximum Gasteiger partial charge on any atom is 0.0541 e. The van der Waals surface area contributed by atoms with E-state index in [1.54, 1.807) is 0 Å². The zero-order chi connectivity index (χ0) is 49.6. The standard InChI is InChI=1S/C72H46N4/c1-5-13-53(14-6-1)73-65-29-21-45-37-57(65)58-38-46(22-30-66(58)73)48-24-32-68-60(40-48)62-42-50(26-34-70(62)75(68)55-17-9-3-10-18-55)52-28-36-72-64(44-52)63-43-51(27-35-71(63)76(72)56-19-11-4-12-20-56)49-25-33-69-61(41-49)59-39-47(45)23-31-67(59)74(69)54-15-7-2-8-16-54/h1-3,5-11,13-44H,4,12H2. The SMILES string of the molecule is C1=CC(n2c3ccc4cc3c3cc(ccc32)c2ccc3c(c2)c2cc(ccc2n3-c2ccccc2)c2ccc3c(c2)c2cc(ccc2n3-c2ccccc2)c2ccc3c(c2)c2cc4ccc2n3-c2ccccc2)=CCC1. The molecule has 0 radical (unpaired) electrons. The highest BCUT2D eigenvalue weighted by atomic mass is 15.0. The molecule has 1 aliphatic rings. The van der Waals surface area contributed by atoms with Crippen molar-refractivity contribution >= 4 is 136 Å². The van der Waals surface area contributed by atoms with E-state index in [1.165, 1.54) is 136 Å². The van der Waals surface area contributed by atoms with Crippen molar-refractivity contribution in [2.24, 2.45) is 0 Å². The maximum atomic E-state index is 2.48. The van der Waals surface area contributed by atoms with Crippen LogP contribution in [0.15, 0.2) is 255 Å². The highest BCUT2D eigenvalue weighted by Gasteiger charge is 2.19. The molecule has 0 N–H and O–H groups in total. The number of aromatic nitrogens is 4. The molecule has 4 heterocycles. The van der Waals surface area contributed by atoms with Gasteiger partial charge in [-0.05, 0) is 195 Å². The van der Waals surface area contributed by atoms with E-state index in [9.17, 15) is 0 Å². The monoisotopic (exact) mass is 966 g/mol. The molecule has 76 heavy (non-hydrogen) atoms. The van der Waals surface area contributed by atoms with Crippen molar-refractivity contribution < 1.29 is 0 Å². The Hall–Kier alpha value is -9.90. The number of fused-ring (bicyclic) bond motifs is 12. The lowest BCUT2D eigenvalue weighted by Crippen LogP contribution is -1.96. The summed E-state index contributed by atoms with van der Waals surface area (Å²) in [5, 5.41) is 19.4. The van der Waals surface area contributed by atoms with Gasteiger partial charge in [-0.15, -0.1) is 0 Å². The molecule has 0 aliphatic heterocycles. The predicted molar refractivity (Wildman–Crippen MR) is 324 cm³/mol. The van der Waals surface area contributed by atoms with Crippen LogP contribution in [0.3, 0.4) is 0 Å². The first-order chi connectivity index (χ1) is 37.7. The van der Waals surface area contributed by atoms with Gasteiger partial charge in [0.15, 0.2) is 0 Å². The molecule has 0 unspecified atom stereocenters. The fraction of sp³-hybridized carbons (Fsp3) is 0.0278. The summed E-state index contributed by atoms with van der Waals surface area (Å²) in [4.78, 5) is 0. The molecule has 354 valence electrons. The lowest BCUT2D eigenvalue weighted by atomic mass is 10.0. The first-order valence-electron chi connectivity index (χ1n) is 26.5. The second-order valence-corrected chi connectivity index (χ2v) is 20.8. The molecule has 4 heteroatoms. The summed E-state index contributed by atoms with van der Waals surface area (Å²) >= 11 is 0. The van der Waals surface area contributed by atoms with Crippen molar-refractivity contribution in [1.29, 1.82) is 0 Å². The predicted octanol–water partition coefficient (Wildman–Crippen LogP) is 19.5. The summed E-state index contributed by atoms with van der Waals surface area (Å²) in [6.45, 7) is 0. The highest BCUT2D eigenvalue weighted by molar-refractivity contribution is 6.20. The largest absolute Gasteiger partial charge is 0.310 e. The van der Waals surface area contributed by atoms with Crippen LogP contribution in [0.25, 0.3) is 153 Å². The number of para-hydroxylation sites is 3. The molecule has 12 aromatic carbocycles. The minimum absolute atomic E-state index is 1.03. The molecule has 16 bridgehead atoms. The number of benzene rings is 11. The van der Waals surface area contributed by atoms with Gasteiger partial charge in [0.25, 0.3) is 0 Å². The van der Waals surface area contributed by atoms with E-state index in [4.69, 9.17) is 0 Å². The van der Waals surface area contributed by atoms with Gasteiger partial charge in [0.2, 0.25) is 0 Å². The van der Waals surface area contributed by atoms with Gasteiger partial charge >= 0.3 is 0 Å². The summed E-state index contributed by atoms with van der Waals surface area (Å²) < 4.78 is 9.77. The summed E-state index contributed by atoms with van der Waals surface area (Å²) in [7, 11) is 0. The highest BCUT2D eigenvalue weighted by Crippen LogP contribution is 2.42. The number of hydrogen-bond acceptors (Lipinski definition) is 0. The molecule has 0 fully saturated rings.